The van der Waals surface area contributed by atoms with E-state index < -0.39 is 0 Å². The van der Waals surface area contributed by atoms with E-state index >= 15 is 0 Å². The molecule has 2 nitrogen and oxygen atoms in total. The lowest BCUT2D eigenvalue weighted by molar-refractivity contribution is 0.0951. The molecule has 0 aromatic heterocycles. The number of hydrogen-bond acceptors (Lipinski definition) is 2. The molecule has 0 aromatic carbocycles. The Labute approximate surface area is 95.4 Å². The fraction of sp³-hybridized carbons (Fsp3) is 1.00. The summed E-state index contributed by atoms with van der Waals surface area (Å²) < 4.78 is 0. The second kappa shape index (κ2) is 4.84. The van der Waals surface area contributed by atoms with E-state index in [4.69, 9.17) is 0 Å². The summed E-state index contributed by atoms with van der Waals surface area (Å²) in [4.78, 5) is 2.63. The van der Waals surface area contributed by atoms with Crippen molar-refractivity contribution >= 4 is 0 Å². The van der Waals surface area contributed by atoms with Gasteiger partial charge in [-0.2, -0.15) is 0 Å². The third-order valence-electron chi connectivity index (χ3n) is 3.52. The van der Waals surface area contributed by atoms with Crippen molar-refractivity contribution in [1.29, 1.82) is 0 Å². The summed E-state index contributed by atoms with van der Waals surface area (Å²) in [7, 11) is 2.04. The van der Waals surface area contributed by atoms with Gasteiger partial charge < -0.3 is 10.2 Å². The molecule has 0 aliphatic carbocycles. The standard InChI is InChI=1S/C13H28N2/c1-12(2)6-8-15(9-7-12)11-13(3,4)10-14-5/h14H,6-11H2,1-5H3. The predicted molar refractivity (Wildman–Crippen MR) is 67.2 cm³/mol. The van der Waals surface area contributed by atoms with Gasteiger partial charge in [-0.15, -0.1) is 0 Å². The molecule has 0 radical (unpaired) electrons. The molecule has 2 heteroatoms. The predicted octanol–water partition coefficient (Wildman–Crippen LogP) is 2.35. The van der Waals surface area contributed by atoms with Gasteiger partial charge in [0.15, 0.2) is 0 Å². The quantitative estimate of drug-likeness (QED) is 0.769. The smallest absolute Gasteiger partial charge is 0.00448 e. The van der Waals surface area contributed by atoms with Gasteiger partial charge in [0, 0.05) is 13.1 Å². The molecule has 1 aliphatic rings. The van der Waals surface area contributed by atoms with E-state index in [9.17, 15) is 0 Å². The highest BCUT2D eigenvalue weighted by Gasteiger charge is 2.28. The van der Waals surface area contributed by atoms with Crippen molar-refractivity contribution in [2.75, 3.05) is 33.2 Å². The zero-order chi connectivity index (χ0) is 11.5. The molecule has 1 heterocycles. The van der Waals surface area contributed by atoms with Crippen LogP contribution in [0.4, 0.5) is 0 Å². The van der Waals surface area contributed by atoms with Gasteiger partial charge in [0.05, 0.1) is 0 Å². The topological polar surface area (TPSA) is 15.3 Å². The first-order chi connectivity index (χ1) is 6.85. The highest BCUT2D eigenvalue weighted by Crippen LogP contribution is 2.31. The Hall–Kier alpha value is -0.0800. The lowest BCUT2D eigenvalue weighted by Crippen LogP contribution is -2.44. The van der Waals surface area contributed by atoms with Crippen LogP contribution in [-0.4, -0.2) is 38.1 Å². The summed E-state index contributed by atoms with van der Waals surface area (Å²) in [5, 5.41) is 3.29. The molecule has 15 heavy (non-hydrogen) atoms. The average molecular weight is 212 g/mol. The first-order valence-electron chi connectivity index (χ1n) is 6.22. The van der Waals surface area contributed by atoms with E-state index in [1.54, 1.807) is 0 Å². The van der Waals surface area contributed by atoms with Gasteiger partial charge in [0.1, 0.15) is 0 Å². The Balaban J connectivity index is 2.35. The second-order valence-electron chi connectivity index (χ2n) is 6.63. The summed E-state index contributed by atoms with van der Waals surface area (Å²) in [5.74, 6) is 0. The normalized spacial score (nSPS) is 23.0. The zero-order valence-corrected chi connectivity index (χ0v) is 11.2. The molecular weight excluding hydrogens is 184 g/mol. The molecule has 1 N–H and O–H groups in total. The maximum absolute atomic E-state index is 3.29. The first kappa shape index (κ1) is 13.0. The van der Waals surface area contributed by atoms with Crippen LogP contribution in [0, 0.1) is 10.8 Å². The molecule has 0 amide bonds. The van der Waals surface area contributed by atoms with Gasteiger partial charge >= 0.3 is 0 Å². The summed E-state index contributed by atoms with van der Waals surface area (Å²) in [6.45, 7) is 14.4. The van der Waals surface area contributed by atoms with E-state index in [0.29, 0.717) is 10.8 Å². The van der Waals surface area contributed by atoms with Crippen molar-refractivity contribution in [3.63, 3.8) is 0 Å². The van der Waals surface area contributed by atoms with Crippen LogP contribution in [0.25, 0.3) is 0 Å². The van der Waals surface area contributed by atoms with Crippen LogP contribution in [0.1, 0.15) is 40.5 Å². The Morgan fingerprint density at radius 1 is 1.20 bits per heavy atom. The first-order valence-corrected chi connectivity index (χ1v) is 6.22. The fourth-order valence-electron chi connectivity index (χ4n) is 2.46. The SMILES string of the molecule is CNCC(C)(C)CN1CCC(C)(C)CC1. The Kier molecular flexibility index (Phi) is 4.19. The van der Waals surface area contributed by atoms with Gasteiger partial charge in [-0.1, -0.05) is 27.7 Å². The summed E-state index contributed by atoms with van der Waals surface area (Å²) in [6, 6.07) is 0. The number of nitrogens with zero attached hydrogens (tertiary/aromatic N) is 1. The van der Waals surface area contributed by atoms with E-state index in [1.807, 2.05) is 7.05 Å². The van der Waals surface area contributed by atoms with Crippen LogP contribution in [-0.2, 0) is 0 Å². The van der Waals surface area contributed by atoms with Crippen molar-refractivity contribution in [2.45, 2.75) is 40.5 Å². The fourth-order valence-corrected chi connectivity index (χ4v) is 2.46. The molecule has 1 fully saturated rings. The number of likely N-dealkylation sites (tertiary alicyclic amines) is 1. The lowest BCUT2D eigenvalue weighted by atomic mass is 9.81. The van der Waals surface area contributed by atoms with Crippen LogP contribution in [0.3, 0.4) is 0 Å². The maximum atomic E-state index is 3.29. The Morgan fingerprint density at radius 3 is 2.20 bits per heavy atom. The van der Waals surface area contributed by atoms with E-state index in [-0.39, 0.29) is 0 Å². The van der Waals surface area contributed by atoms with Crippen LogP contribution < -0.4 is 5.32 Å². The van der Waals surface area contributed by atoms with Crippen molar-refractivity contribution < 1.29 is 0 Å². The Bertz CT molecular complexity index is 187. The average Bonchev–Trinajstić information content (AvgIpc) is 2.08. The number of nitrogens with one attached hydrogen (secondary N) is 1. The van der Waals surface area contributed by atoms with Crippen LogP contribution in [0.15, 0.2) is 0 Å². The zero-order valence-electron chi connectivity index (χ0n) is 11.2. The molecule has 0 bridgehead atoms. The number of rotatable bonds is 4. The summed E-state index contributed by atoms with van der Waals surface area (Å²) >= 11 is 0. The van der Waals surface area contributed by atoms with Gasteiger partial charge in [-0.05, 0) is 43.8 Å². The van der Waals surface area contributed by atoms with Crippen LogP contribution in [0.2, 0.25) is 0 Å². The molecule has 1 aliphatic heterocycles. The molecule has 0 saturated carbocycles. The third-order valence-corrected chi connectivity index (χ3v) is 3.52. The molecular formula is C13H28N2. The second-order valence-corrected chi connectivity index (χ2v) is 6.63. The van der Waals surface area contributed by atoms with Crippen molar-refractivity contribution in [2.24, 2.45) is 10.8 Å². The molecule has 1 rings (SSSR count). The molecule has 90 valence electrons. The minimum atomic E-state index is 0.399. The largest absolute Gasteiger partial charge is 0.319 e. The minimum absolute atomic E-state index is 0.399. The molecule has 0 spiro atoms. The van der Waals surface area contributed by atoms with Crippen LogP contribution >= 0.6 is 0 Å². The summed E-state index contributed by atoms with van der Waals surface area (Å²) in [6.07, 6.45) is 2.70. The molecule has 0 aromatic rings. The highest BCUT2D eigenvalue weighted by atomic mass is 15.1. The van der Waals surface area contributed by atoms with E-state index in [2.05, 4.69) is 37.9 Å². The third kappa shape index (κ3) is 4.52. The lowest BCUT2D eigenvalue weighted by Gasteiger charge is -2.40. The molecule has 1 saturated heterocycles. The summed E-state index contributed by atoms with van der Waals surface area (Å²) in [5.41, 5.74) is 0.972. The van der Waals surface area contributed by atoms with Crippen molar-refractivity contribution in [3.05, 3.63) is 0 Å². The maximum Gasteiger partial charge on any atom is 0.00448 e. The van der Waals surface area contributed by atoms with E-state index in [0.717, 1.165) is 6.54 Å². The number of hydrogen-bond donors (Lipinski definition) is 1. The minimum Gasteiger partial charge on any atom is -0.319 e. The van der Waals surface area contributed by atoms with Gasteiger partial charge in [0.2, 0.25) is 0 Å². The van der Waals surface area contributed by atoms with Gasteiger partial charge in [0.25, 0.3) is 0 Å². The van der Waals surface area contributed by atoms with Crippen molar-refractivity contribution in [3.8, 4) is 0 Å². The number of piperidine rings is 1. The molecule has 0 unspecified atom stereocenters. The Morgan fingerprint density at radius 2 is 1.73 bits per heavy atom. The highest BCUT2D eigenvalue weighted by molar-refractivity contribution is 4.82. The molecule has 0 atom stereocenters. The van der Waals surface area contributed by atoms with Gasteiger partial charge in [-0.3, -0.25) is 0 Å². The van der Waals surface area contributed by atoms with Crippen molar-refractivity contribution in [1.82, 2.24) is 10.2 Å². The van der Waals surface area contributed by atoms with Gasteiger partial charge in [-0.25, -0.2) is 0 Å². The van der Waals surface area contributed by atoms with E-state index in [1.165, 1.54) is 32.5 Å². The monoisotopic (exact) mass is 212 g/mol. The van der Waals surface area contributed by atoms with Crippen LogP contribution in [0.5, 0.6) is 0 Å².